The second-order valence-corrected chi connectivity index (χ2v) is 4.49. The van der Waals surface area contributed by atoms with Crippen molar-refractivity contribution in [1.29, 1.82) is 0 Å². The standard InChI is InChI=1S/C14H14N6O/c1-11-9-13(17-14(21)19-8-4-6-15-10-19)20(18-11)12-5-2-3-7-16-12/h2-9H,10H2,1H3,(H,17,21). The monoisotopic (exact) mass is 282 g/mol. The average molecular weight is 282 g/mol. The van der Waals surface area contributed by atoms with Crippen LogP contribution >= 0.6 is 0 Å². The number of hydrogen-bond donors (Lipinski definition) is 1. The normalized spacial score (nSPS) is 13.5. The number of carbonyl (C=O) groups is 1. The van der Waals surface area contributed by atoms with Crippen molar-refractivity contribution in [3.05, 3.63) is 48.4 Å². The van der Waals surface area contributed by atoms with Crippen LogP contribution in [0.4, 0.5) is 10.6 Å². The van der Waals surface area contributed by atoms with Crippen LogP contribution in [0.15, 0.2) is 47.7 Å². The Morgan fingerprint density at radius 2 is 2.29 bits per heavy atom. The van der Waals surface area contributed by atoms with E-state index in [2.05, 4.69) is 20.4 Å². The highest BCUT2D eigenvalue weighted by molar-refractivity contribution is 5.90. The van der Waals surface area contributed by atoms with Crippen molar-refractivity contribution in [2.45, 2.75) is 6.92 Å². The van der Waals surface area contributed by atoms with E-state index >= 15 is 0 Å². The van der Waals surface area contributed by atoms with E-state index in [9.17, 15) is 4.79 Å². The maximum absolute atomic E-state index is 12.2. The molecule has 7 heteroatoms. The van der Waals surface area contributed by atoms with Gasteiger partial charge in [0.2, 0.25) is 0 Å². The summed E-state index contributed by atoms with van der Waals surface area (Å²) in [6.45, 7) is 2.17. The van der Waals surface area contributed by atoms with Crippen molar-refractivity contribution in [2.75, 3.05) is 12.0 Å². The molecule has 7 nitrogen and oxygen atoms in total. The molecule has 0 atom stereocenters. The van der Waals surface area contributed by atoms with Crippen LogP contribution in [0.2, 0.25) is 0 Å². The summed E-state index contributed by atoms with van der Waals surface area (Å²) in [5.41, 5.74) is 0.795. The lowest BCUT2D eigenvalue weighted by Crippen LogP contribution is -2.32. The van der Waals surface area contributed by atoms with Gasteiger partial charge in [-0.15, -0.1) is 0 Å². The van der Waals surface area contributed by atoms with Gasteiger partial charge in [0, 0.05) is 24.7 Å². The molecule has 2 aromatic heterocycles. The number of amides is 2. The lowest BCUT2D eigenvalue weighted by molar-refractivity contribution is 0.229. The maximum atomic E-state index is 12.2. The zero-order chi connectivity index (χ0) is 14.7. The molecule has 0 spiro atoms. The summed E-state index contributed by atoms with van der Waals surface area (Å²) in [4.78, 5) is 21.9. The number of carbonyl (C=O) groups excluding carboxylic acids is 1. The first-order chi connectivity index (χ1) is 10.2. The van der Waals surface area contributed by atoms with Crippen LogP contribution in [0.1, 0.15) is 5.69 Å². The largest absolute Gasteiger partial charge is 0.328 e. The third kappa shape index (κ3) is 2.81. The summed E-state index contributed by atoms with van der Waals surface area (Å²) in [7, 11) is 0. The zero-order valence-electron chi connectivity index (χ0n) is 11.5. The molecule has 0 aromatic carbocycles. The highest BCUT2D eigenvalue weighted by Crippen LogP contribution is 2.16. The van der Waals surface area contributed by atoms with Crippen molar-refractivity contribution in [3.63, 3.8) is 0 Å². The van der Waals surface area contributed by atoms with Gasteiger partial charge < -0.3 is 0 Å². The van der Waals surface area contributed by atoms with E-state index < -0.39 is 0 Å². The van der Waals surface area contributed by atoms with E-state index in [1.807, 2.05) is 25.1 Å². The number of aryl methyl sites for hydroxylation is 1. The molecule has 1 aliphatic rings. The first kappa shape index (κ1) is 13.0. The number of aromatic nitrogens is 3. The average Bonchev–Trinajstić information content (AvgIpc) is 2.89. The van der Waals surface area contributed by atoms with Crippen LogP contribution in [0.3, 0.4) is 0 Å². The SMILES string of the molecule is Cc1cc(NC(=O)N2C=CC=NC2)n(-c2ccccn2)n1. The van der Waals surface area contributed by atoms with Gasteiger partial charge in [-0.05, 0) is 25.1 Å². The second-order valence-electron chi connectivity index (χ2n) is 4.49. The molecule has 1 aliphatic heterocycles. The molecule has 2 amide bonds. The first-order valence-corrected chi connectivity index (χ1v) is 6.46. The highest BCUT2D eigenvalue weighted by Gasteiger charge is 2.15. The number of rotatable bonds is 2. The zero-order valence-corrected chi connectivity index (χ0v) is 11.5. The summed E-state index contributed by atoms with van der Waals surface area (Å²) >= 11 is 0. The van der Waals surface area contributed by atoms with Crippen LogP contribution in [0.5, 0.6) is 0 Å². The molecule has 0 saturated carbocycles. The summed E-state index contributed by atoms with van der Waals surface area (Å²) in [6.07, 6.45) is 6.73. The Balaban J connectivity index is 1.84. The van der Waals surface area contributed by atoms with Gasteiger partial charge in [-0.25, -0.2) is 9.78 Å². The summed E-state index contributed by atoms with van der Waals surface area (Å²) < 4.78 is 1.60. The van der Waals surface area contributed by atoms with Crippen molar-refractivity contribution in [2.24, 2.45) is 4.99 Å². The quantitative estimate of drug-likeness (QED) is 0.915. The van der Waals surface area contributed by atoms with Crippen molar-refractivity contribution < 1.29 is 4.79 Å². The fourth-order valence-electron chi connectivity index (χ4n) is 1.94. The minimum atomic E-state index is -0.264. The molecule has 3 heterocycles. The van der Waals surface area contributed by atoms with Crippen molar-refractivity contribution in [1.82, 2.24) is 19.7 Å². The number of hydrogen-bond acceptors (Lipinski definition) is 4. The molecule has 0 saturated heterocycles. The summed E-state index contributed by atoms with van der Waals surface area (Å²) in [5.74, 6) is 1.22. The van der Waals surface area contributed by atoms with E-state index in [4.69, 9.17) is 0 Å². The molecule has 3 rings (SSSR count). The molecule has 0 fully saturated rings. The van der Waals surface area contributed by atoms with Gasteiger partial charge in [0.25, 0.3) is 0 Å². The first-order valence-electron chi connectivity index (χ1n) is 6.46. The molecule has 0 bridgehead atoms. The lowest BCUT2D eigenvalue weighted by Gasteiger charge is -2.18. The van der Waals surface area contributed by atoms with Crippen LogP contribution in [-0.4, -0.2) is 38.6 Å². The van der Waals surface area contributed by atoms with E-state index in [1.54, 1.807) is 35.4 Å². The number of nitrogens with zero attached hydrogens (tertiary/aromatic N) is 5. The van der Waals surface area contributed by atoms with Gasteiger partial charge >= 0.3 is 6.03 Å². The predicted octanol–water partition coefficient (Wildman–Crippen LogP) is 1.97. The van der Waals surface area contributed by atoms with Crippen LogP contribution in [-0.2, 0) is 0 Å². The molecule has 2 aromatic rings. The summed E-state index contributed by atoms with van der Waals surface area (Å²) in [6, 6.07) is 7.05. The number of aliphatic imine (C=N–C) groups is 1. The highest BCUT2D eigenvalue weighted by atomic mass is 16.2. The Bertz CT molecular complexity index is 704. The number of urea groups is 1. The van der Waals surface area contributed by atoms with E-state index in [0.717, 1.165) is 5.69 Å². The smallest absolute Gasteiger partial charge is 0.292 e. The number of anilines is 1. The van der Waals surface area contributed by atoms with Crippen molar-refractivity contribution in [3.8, 4) is 5.82 Å². The molecule has 0 aliphatic carbocycles. The molecular weight excluding hydrogens is 268 g/mol. The third-order valence-corrected chi connectivity index (χ3v) is 2.89. The fraction of sp³-hybridized carbons (Fsp3) is 0.143. The van der Waals surface area contributed by atoms with Gasteiger partial charge in [-0.3, -0.25) is 15.2 Å². The Morgan fingerprint density at radius 1 is 1.38 bits per heavy atom. The third-order valence-electron chi connectivity index (χ3n) is 2.89. The van der Waals surface area contributed by atoms with Crippen LogP contribution < -0.4 is 5.32 Å². The Morgan fingerprint density at radius 3 is 3.00 bits per heavy atom. The van der Waals surface area contributed by atoms with E-state index in [0.29, 0.717) is 18.3 Å². The molecule has 21 heavy (non-hydrogen) atoms. The topological polar surface area (TPSA) is 75.4 Å². The maximum Gasteiger partial charge on any atom is 0.328 e. The van der Waals surface area contributed by atoms with E-state index in [1.165, 1.54) is 4.90 Å². The second kappa shape index (κ2) is 5.58. The molecule has 106 valence electrons. The molecule has 0 unspecified atom stereocenters. The predicted molar refractivity (Wildman–Crippen MR) is 79.5 cm³/mol. The molecule has 0 radical (unpaired) electrons. The van der Waals surface area contributed by atoms with Crippen LogP contribution in [0.25, 0.3) is 5.82 Å². The fourth-order valence-corrected chi connectivity index (χ4v) is 1.94. The Kier molecular flexibility index (Phi) is 3.46. The number of allylic oxidation sites excluding steroid dienone is 1. The number of nitrogens with one attached hydrogen (secondary N) is 1. The van der Waals surface area contributed by atoms with Gasteiger partial charge in [0.15, 0.2) is 5.82 Å². The summed E-state index contributed by atoms with van der Waals surface area (Å²) in [5, 5.41) is 7.17. The van der Waals surface area contributed by atoms with Gasteiger partial charge in [-0.2, -0.15) is 9.78 Å². The molecule has 1 N–H and O–H groups in total. The minimum Gasteiger partial charge on any atom is -0.292 e. The lowest BCUT2D eigenvalue weighted by atomic mass is 10.4. The van der Waals surface area contributed by atoms with Gasteiger partial charge in [0.1, 0.15) is 12.5 Å². The van der Waals surface area contributed by atoms with Crippen LogP contribution in [0, 0.1) is 6.92 Å². The molecular formula is C14H14N6O. The number of pyridine rings is 1. The Hall–Kier alpha value is -2.96. The van der Waals surface area contributed by atoms with Gasteiger partial charge in [0.05, 0.1) is 5.69 Å². The van der Waals surface area contributed by atoms with Crippen molar-refractivity contribution >= 4 is 18.1 Å². The van der Waals surface area contributed by atoms with Gasteiger partial charge in [-0.1, -0.05) is 6.07 Å². The Labute approximate surface area is 121 Å². The minimum absolute atomic E-state index is 0.264. The van der Waals surface area contributed by atoms with E-state index in [-0.39, 0.29) is 6.03 Å².